The van der Waals surface area contributed by atoms with Crippen molar-refractivity contribution in [1.82, 2.24) is 0 Å². The Bertz CT molecular complexity index is 615. The number of hydrogen-bond donors (Lipinski definition) is 1. The Morgan fingerprint density at radius 1 is 1.05 bits per heavy atom. The minimum atomic E-state index is 0.583. The van der Waals surface area contributed by atoms with Gasteiger partial charge in [0.05, 0.1) is 0 Å². The molecule has 0 aliphatic heterocycles. The Labute approximate surface area is 126 Å². The van der Waals surface area contributed by atoms with Gasteiger partial charge in [0.25, 0.3) is 0 Å². The minimum absolute atomic E-state index is 0.583. The van der Waals surface area contributed by atoms with Gasteiger partial charge in [0.15, 0.2) is 0 Å². The number of anilines is 1. The summed E-state index contributed by atoms with van der Waals surface area (Å²) in [7, 11) is 0. The van der Waals surface area contributed by atoms with E-state index in [1.165, 1.54) is 35.2 Å². The van der Waals surface area contributed by atoms with E-state index in [9.17, 15) is 0 Å². The molecule has 1 aliphatic rings. The van der Waals surface area contributed by atoms with Crippen LogP contribution in [-0.2, 0) is 0 Å². The fraction of sp³-hybridized carbons (Fsp3) is 0.333. The first-order valence-corrected chi connectivity index (χ1v) is 7.59. The fourth-order valence-electron chi connectivity index (χ4n) is 2.88. The van der Waals surface area contributed by atoms with Gasteiger partial charge in [-0.2, -0.15) is 0 Å². The summed E-state index contributed by atoms with van der Waals surface area (Å²) in [6.07, 6.45) is 2.38. The maximum atomic E-state index is 6.06. The van der Waals surface area contributed by atoms with Crippen molar-refractivity contribution in [2.45, 2.75) is 38.6 Å². The summed E-state index contributed by atoms with van der Waals surface area (Å²) >= 11 is 6.06. The van der Waals surface area contributed by atoms with Gasteiger partial charge in [0.2, 0.25) is 0 Å². The zero-order chi connectivity index (χ0) is 14.1. The van der Waals surface area contributed by atoms with Gasteiger partial charge in [-0.1, -0.05) is 35.9 Å². The third-order valence-corrected chi connectivity index (χ3v) is 4.45. The van der Waals surface area contributed by atoms with Crippen LogP contribution in [0.3, 0.4) is 0 Å². The van der Waals surface area contributed by atoms with Crippen LogP contribution in [0.5, 0.6) is 0 Å². The molecule has 1 N–H and O–H groups in total. The van der Waals surface area contributed by atoms with Crippen LogP contribution in [0.25, 0.3) is 0 Å². The molecular formula is C18H20ClN. The number of nitrogens with one attached hydrogen (secondary N) is 1. The summed E-state index contributed by atoms with van der Waals surface area (Å²) in [6, 6.07) is 15.4. The predicted octanol–water partition coefficient (Wildman–Crippen LogP) is 5.31. The van der Waals surface area contributed by atoms with Gasteiger partial charge < -0.3 is 5.32 Å². The molecule has 0 aromatic heterocycles. The van der Waals surface area contributed by atoms with Crippen LogP contribution in [0.4, 0.5) is 5.69 Å². The molecule has 2 aromatic rings. The Morgan fingerprint density at radius 2 is 1.85 bits per heavy atom. The molecule has 1 aliphatic carbocycles. The Morgan fingerprint density at radius 3 is 2.60 bits per heavy atom. The van der Waals surface area contributed by atoms with Crippen molar-refractivity contribution in [3.8, 4) is 0 Å². The third-order valence-electron chi connectivity index (χ3n) is 4.21. The van der Waals surface area contributed by atoms with Crippen molar-refractivity contribution >= 4 is 17.3 Å². The molecule has 0 unspecified atom stereocenters. The van der Waals surface area contributed by atoms with Gasteiger partial charge in [-0.05, 0) is 67.5 Å². The molecule has 0 radical (unpaired) electrons. The maximum absolute atomic E-state index is 6.06. The molecule has 0 saturated heterocycles. The monoisotopic (exact) mass is 285 g/mol. The molecule has 0 heterocycles. The lowest BCUT2D eigenvalue weighted by Gasteiger charge is -2.37. The molecule has 2 heteroatoms. The first-order chi connectivity index (χ1) is 9.61. The topological polar surface area (TPSA) is 12.0 Å². The molecule has 104 valence electrons. The predicted molar refractivity (Wildman–Crippen MR) is 86.8 cm³/mol. The normalized spacial score (nSPS) is 21.4. The van der Waals surface area contributed by atoms with E-state index in [0.717, 1.165) is 5.02 Å². The van der Waals surface area contributed by atoms with Gasteiger partial charge in [0.1, 0.15) is 0 Å². The molecule has 1 saturated carbocycles. The van der Waals surface area contributed by atoms with Crippen LogP contribution in [0, 0.1) is 13.8 Å². The molecule has 0 spiro atoms. The summed E-state index contributed by atoms with van der Waals surface area (Å²) in [4.78, 5) is 0. The van der Waals surface area contributed by atoms with E-state index in [0.29, 0.717) is 12.0 Å². The van der Waals surface area contributed by atoms with E-state index in [2.05, 4.69) is 49.5 Å². The largest absolute Gasteiger partial charge is 0.382 e. The zero-order valence-electron chi connectivity index (χ0n) is 12.0. The van der Waals surface area contributed by atoms with Crippen LogP contribution < -0.4 is 5.32 Å². The van der Waals surface area contributed by atoms with Gasteiger partial charge >= 0.3 is 0 Å². The lowest BCUT2D eigenvalue weighted by molar-refractivity contribution is 0.374. The third kappa shape index (κ3) is 2.83. The van der Waals surface area contributed by atoms with Crippen LogP contribution in [0.1, 0.15) is 35.4 Å². The Kier molecular flexibility index (Phi) is 3.71. The summed E-state index contributed by atoms with van der Waals surface area (Å²) in [5, 5.41) is 4.51. The summed E-state index contributed by atoms with van der Waals surface area (Å²) in [5.41, 5.74) is 5.28. The number of aryl methyl sites for hydroxylation is 2. The van der Waals surface area contributed by atoms with Crippen molar-refractivity contribution in [2.24, 2.45) is 0 Å². The minimum Gasteiger partial charge on any atom is -0.382 e. The molecule has 3 rings (SSSR count). The highest BCUT2D eigenvalue weighted by atomic mass is 35.5. The van der Waals surface area contributed by atoms with Crippen molar-refractivity contribution in [1.29, 1.82) is 0 Å². The molecule has 0 atom stereocenters. The standard InChI is InChI=1S/C18H20ClN/c1-12-6-7-13(2)18(8-12)20-17-10-15(11-17)14-4-3-5-16(19)9-14/h3-9,15,17,20H,10-11H2,1-2H3. The van der Waals surface area contributed by atoms with Gasteiger partial charge in [0, 0.05) is 16.8 Å². The van der Waals surface area contributed by atoms with Crippen LogP contribution in [-0.4, -0.2) is 6.04 Å². The average molecular weight is 286 g/mol. The smallest absolute Gasteiger partial charge is 0.0408 e. The van der Waals surface area contributed by atoms with Crippen molar-refractivity contribution in [3.63, 3.8) is 0 Å². The lowest BCUT2D eigenvalue weighted by Crippen LogP contribution is -2.34. The highest BCUT2D eigenvalue weighted by Crippen LogP contribution is 2.39. The van der Waals surface area contributed by atoms with Crippen molar-refractivity contribution in [3.05, 3.63) is 64.2 Å². The summed E-state index contributed by atoms with van der Waals surface area (Å²) < 4.78 is 0. The van der Waals surface area contributed by atoms with Gasteiger partial charge in [-0.25, -0.2) is 0 Å². The average Bonchev–Trinajstić information content (AvgIpc) is 2.37. The molecular weight excluding hydrogens is 266 g/mol. The SMILES string of the molecule is Cc1ccc(C)c(NC2CC(c3cccc(Cl)c3)C2)c1. The van der Waals surface area contributed by atoms with Crippen LogP contribution in [0.15, 0.2) is 42.5 Å². The highest BCUT2D eigenvalue weighted by Gasteiger charge is 2.30. The van der Waals surface area contributed by atoms with E-state index >= 15 is 0 Å². The van der Waals surface area contributed by atoms with Crippen molar-refractivity contribution in [2.75, 3.05) is 5.32 Å². The molecule has 1 nitrogen and oxygen atoms in total. The number of halogens is 1. The van der Waals surface area contributed by atoms with E-state index in [1.807, 2.05) is 12.1 Å². The van der Waals surface area contributed by atoms with Gasteiger partial charge in [-0.15, -0.1) is 0 Å². The molecule has 1 fully saturated rings. The Balaban J connectivity index is 1.62. The fourth-order valence-corrected chi connectivity index (χ4v) is 3.08. The second kappa shape index (κ2) is 5.49. The van der Waals surface area contributed by atoms with Crippen LogP contribution >= 0.6 is 11.6 Å². The summed E-state index contributed by atoms with van der Waals surface area (Å²) in [6.45, 7) is 4.30. The van der Waals surface area contributed by atoms with Crippen LogP contribution in [0.2, 0.25) is 5.02 Å². The van der Waals surface area contributed by atoms with E-state index in [4.69, 9.17) is 11.6 Å². The molecule has 2 aromatic carbocycles. The Hall–Kier alpha value is -1.47. The molecule has 20 heavy (non-hydrogen) atoms. The van der Waals surface area contributed by atoms with Crippen molar-refractivity contribution < 1.29 is 0 Å². The first-order valence-electron chi connectivity index (χ1n) is 7.21. The molecule has 0 amide bonds. The van der Waals surface area contributed by atoms with E-state index in [1.54, 1.807) is 0 Å². The quantitative estimate of drug-likeness (QED) is 0.805. The molecule has 0 bridgehead atoms. The number of rotatable bonds is 3. The van der Waals surface area contributed by atoms with E-state index < -0.39 is 0 Å². The number of hydrogen-bond acceptors (Lipinski definition) is 1. The summed E-state index contributed by atoms with van der Waals surface area (Å²) in [5.74, 6) is 0.649. The zero-order valence-corrected chi connectivity index (χ0v) is 12.7. The van der Waals surface area contributed by atoms with Gasteiger partial charge in [-0.3, -0.25) is 0 Å². The maximum Gasteiger partial charge on any atom is 0.0408 e. The lowest BCUT2D eigenvalue weighted by atomic mass is 9.75. The number of benzene rings is 2. The van der Waals surface area contributed by atoms with E-state index in [-0.39, 0.29) is 0 Å². The second-order valence-corrected chi connectivity index (χ2v) is 6.32. The second-order valence-electron chi connectivity index (χ2n) is 5.88. The highest BCUT2D eigenvalue weighted by molar-refractivity contribution is 6.30. The first kappa shape index (κ1) is 13.5.